The van der Waals surface area contributed by atoms with Gasteiger partial charge in [-0.2, -0.15) is 24.9 Å². The molecule has 56 heavy (non-hydrogen) atoms. The molecular formula is C37H45BrF5N5O7S. The number of alkyl halides is 4. The van der Waals surface area contributed by atoms with Gasteiger partial charge in [-0.25, -0.2) is 18.4 Å². The fourth-order valence-electron chi connectivity index (χ4n) is 5.41. The van der Waals surface area contributed by atoms with Crippen LogP contribution in [0.3, 0.4) is 0 Å². The van der Waals surface area contributed by atoms with Crippen LogP contribution >= 0.6 is 27.7 Å². The van der Waals surface area contributed by atoms with Crippen LogP contribution in [0.2, 0.25) is 0 Å². The maximum atomic E-state index is 15.0. The van der Waals surface area contributed by atoms with Crippen molar-refractivity contribution in [2.45, 2.75) is 58.4 Å². The Balaban J connectivity index is 0.00000141. The van der Waals surface area contributed by atoms with Gasteiger partial charge in [0.1, 0.15) is 17.7 Å². The van der Waals surface area contributed by atoms with Crippen LogP contribution in [0.15, 0.2) is 60.8 Å². The summed E-state index contributed by atoms with van der Waals surface area (Å²) >= 11 is 4.22. The number of hydrogen-bond acceptors (Lipinski definition) is 7. The van der Waals surface area contributed by atoms with Crippen LogP contribution in [0, 0.1) is 17.0 Å². The first-order valence-corrected chi connectivity index (χ1v) is 19.4. The Labute approximate surface area is 333 Å². The number of aromatic nitrogens is 1. The Kier molecular flexibility index (Phi) is 19.0. The van der Waals surface area contributed by atoms with Gasteiger partial charge in [-0.1, -0.05) is 67.0 Å². The molecule has 0 spiro atoms. The number of carbonyl (C=O) groups excluding carboxylic acids is 3. The van der Waals surface area contributed by atoms with E-state index in [1.165, 1.54) is 11.8 Å². The molecule has 1 aromatic heterocycles. The summed E-state index contributed by atoms with van der Waals surface area (Å²) in [6, 6.07) is 13.1. The maximum absolute atomic E-state index is 15.0. The van der Waals surface area contributed by atoms with E-state index >= 15 is 4.39 Å². The average Bonchev–Trinajstić information content (AvgIpc) is 3.52. The zero-order valence-electron chi connectivity index (χ0n) is 30.9. The Morgan fingerprint density at radius 2 is 1.62 bits per heavy atom. The lowest BCUT2D eigenvalue weighted by Crippen LogP contribution is -2.48. The molecule has 0 bridgehead atoms. The maximum Gasteiger partial charge on any atom is 0.490 e. The molecule has 0 aliphatic rings. The Bertz CT molecular complexity index is 1790. The number of hydrogen-bond donors (Lipinski definition) is 5. The van der Waals surface area contributed by atoms with Crippen LogP contribution in [0.4, 0.5) is 22.0 Å². The van der Waals surface area contributed by atoms with E-state index < -0.39 is 59.1 Å². The van der Waals surface area contributed by atoms with Gasteiger partial charge in [0.15, 0.2) is 0 Å². The summed E-state index contributed by atoms with van der Waals surface area (Å²) in [4.78, 5) is 60.1. The zero-order valence-corrected chi connectivity index (χ0v) is 33.3. The topological polar surface area (TPSA) is 184 Å². The molecule has 308 valence electrons. The molecule has 3 rings (SSSR count). The fourth-order valence-corrected chi connectivity index (χ4v) is 6.42. The molecule has 0 saturated carbocycles. The molecule has 3 aromatic rings. The van der Waals surface area contributed by atoms with Gasteiger partial charge in [-0.15, -0.1) is 0 Å². The van der Waals surface area contributed by atoms with Gasteiger partial charge in [0.05, 0.1) is 17.1 Å². The van der Waals surface area contributed by atoms with Gasteiger partial charge in [-0.3, -0.25) is 14.4 Å². The van der Waals surface area contributed by atoms with Crippen molar-refractivity contribution < 1.29 is 56.1 Å². The van der Waals surface area contributed by atoms with Crippen molar-refractivity contribution >= 4 is 57.4 Å². The van der Waals surface area contributed by atoms with Crippen LogP contribution in [-0.4, -0.2) is 98.0 Å². The number of carboxylic acid groups (broad SMARTS) is 2. The SMILES string of the molecule is CC(C)(C)C(c1cc(-c2cc(F)ccc2F)cn1Cc1ccccc1)N(CCCN)C(=O)CSCCC(=O)NC(CNC(=O)CBr)C(=O)O.O=C(O)C(F)(F)F. The van der Waals surface area contributed by atoms with Crippen LogP contribution in [0.25, 0.3) is 11.1 Å². The molecule has 0 fully saturated rings. The second kappa shape index (κ2) is 22.3. The monoisotopic (exact) mass is 877 g/mol. The molecule has 1 heterocycles. The van der Waals surface area contributed by atoms with E-state index in [0.29, 0.717) is 31.6 Å². The minimum absolute atomic E-state index is 0.00188. The minimum Gasteiger partial charge on any atom is -0.480 e. The molecule has 0 saturated heterocycles. The molecule has 0 aliphatic heterocycles. The van der Waals surface area contributed by atoms with Crippen molar-refractivity contribution in [1.82, 2.24) is 20.1 Å². The third-order valence-corrected chi connectivity index (χ3v) is 9.35. The number of carbonyl (C=O) groups is 5. The number of rotatable bonds is 18. The number of carboxylic acids is 2. The van der Waals surface area contributed by atoms with E-state index in [0.717, 1.165) is 29.5 Å². The quantitative estimate of drug-likeness (QED) is 0.0619. The standard InChI is InChI=1S/C35H44BrF2N5O5S.C2HF3O2/c1-35(2,3)33(29-16-24(26-17-25(37)10-11-27(26)38)21-42(29)20-23-8-5-4-6-9-23)43(14-7-13-39)32(46)22-49-15-12-30(44)41-28(34(47)48)19-40-31(45)18-36;3-2(4,5)1(6)7/h4-6,8-11,16-17,21,28,33H,7,12-15,18-20,22,39H2,1-3H3,(H,40,45)(H,41,44)(H,47,48);(H,6,7). The van der Waals surface area contributed by atoms with Gasteiger partial charge in [0, 0.05) is 54.8 Å². The molecule has 0 radical (unpaired) electrons. The fraction of sp³-hybridized carbons (Fsp3) is 0.432. The number of aliphatic carboxylic acids is 2. The highest BCUT2D eigenvalue weighted by atomic mass is 79.9. The lowest BCUT2D eigenvalue weighted by atomic mass is 9.83. The van der Waals surface area contributed by atoms with Crippen LogP contribution in [-0.2, 0) is 30.5 Å². The number of nitrogens with zero attached hydrogens (tertiary/aromatic N) is 2. The van der Waals surface area contributed by atoms with Crippen molar-refractivity contribution in [3.05, 3.63) is 83.7 Å². The lowest BCUT2D eigenvalue weighted by Gasteiger charge is -2.41. The Morgan fingerprint density at radius 3 is 2.18 bits per heavy atom. The summed E-state index contributed by atoms with van der Waals surface area (Å²) in [7, 11) is 0. The second-order valence-corrected chi connectivity index (χ2v) is 15.1. The summed E-state index contributed by atoms with van der Waals surface area (Å²) in [5.41, 5.74) is 7.72. The number of halogens is 6. The highest BCUT2D eigenvalue weighted by Gasteiger charge is 2.38. The van der Waals surface area contributed by atoms with Gasteiger partial charge >= 0.3 is 18.1 Å². The molecule has 2 unspecified atom stereocenters. The summed E-state index contributed by atoms with van der Waals surface area (Å²) in [5.74, 6) is -6.00. The number of nitrogens with one attached hydrogen (secondary N) is 2. The first kappa shape index (κ1) is 47.7. The Hall–Kier alpha value is -4.49. The number of benzene rings is 2. The minimum atomic E-state index is -5.08. The van der Waals surface area contributed by atoms with E-state index in [-0.39, 0.29) is 41.3 Å². The van der Waals surface area contributed by atoms with Gasteiger partial charge in [-0.05, 0) is 48.2 Å². The zero-order chi connectivity index (χ0) is 42.2. The summed E-state index contributed by atoms with van der Waals surface area (Å²) < 4.78 is 63.0. The van der Waals surface area contributed by atoms with Gasteiger partial charge in [0.25, 0.3) is 0 Å². The second-order valence-electron chi connectivity index (χ2n) is 13.4. The predicted octanol–water partition coefficient (Wildman–Crippen LogP) is 5.58. The summed E-state index contributed by atoms with van der Waals surface area (Å²) in [5, 5.41) is 21.4. The van der Waals surface area contributed by atoms with Crippen molar-refractivity contribution in [2.75, 3.05) is 36.5 Å². The highest BCUT2D eigenvalue weighted by molar-refractivity contribution is 9.09. The Morgan fingerprint density at radius 1 is 0.982 bits per heavy atom. The summed E-state index contributed by atoms with van der Waals surface area (Å²) in [6.45, 7) is 6.90. The van der Waals surface area contributed by atoms with Gasteiger partial charge in [0.2, 0.25) is 17.7 Å². The van der Waals surface area contributed by atoms with E-state index in [4.69, 9.17) is 15.6 Å². The van der Waals surface area contributed by atoms with E-state index in [9.17, 15) is 41.8 Å². The van der Waals surface area contributed by atoms with Gasteiger partial charge < -0.3 is 36.0 Å². The van der Waals surface area contributed by atoms with E-state index in [1.807, 2.05) is 61.7 Å². The molecule has 2 atom stereocenters. The smallest absolute Gasteiger partial charge is 0.480 e. The first-order chi connectivity index (χ1) is 26.2. The predicted molar refractivity (Wildman–Crippen MR) is 205 cm³/mol. The van der Waals surface area contributed by atoms with Crippen molar-refractivity contribution in [2.24, 2.45) is 11.1 Å². The normalized spacial score (nSPS) is 12.5. The summed E-state index contributed by atoms with van der Waals surface area (Å²) in [6.07, 6.45) is -2.81. The molecule has 12 nitrogen and oxygen atoms in total. The lowest BCUT2D eigenvalue weighted by molar-refractivity contribution is -0.192. The number of nitrogens with two attached hydrogens (primary N) is 1. The van der Waals surface area contributed by atoms with Crippen molar-refractivity contribution in [1.29, 1.82) is 0 Å². The number of amides is 3. The molecule has 6 N–H and O–H groups in total. The van der Waals surface area contributed by atoms with Crippen molar-refractivity contribution in [3.8, 4) is 11.1 Å². The van der Waals surface area contributed by atoms with E-state index in [1.54, 1.807) is 11.1 Å². The largest absolute Gasteiger partial charge is 0.490 e. The highest BCUT2D eigenvalue weighted by Crippen LogP contribution is 2.41. The molecule has 2 aromatic carbocycles. The molecule has 0 aliphatic carbocycles. The average molecular weight is 879 g/mol. The molecular weight excluding hydrogens is 833 g/mol. The molecule has 3 amide bonds. The third-order valence-electron chi connectivity index (χ3n) is 7.90. The van der Waals surface area contributed by atoms with Crippen molar-refractivity contribution in [3.63, 3.8) is 0 Å². The first-order valence-electron chi connectivity index (χ1n) is 17.1. The van der Waals surface area contributed by atoms with Crippen LogP contribution < -0.4 is 16.4 Å². The van der Waals surface area contributed by atoms with E-state index in [2.05, 4.69) is 26.6 Å². The number of thioether (sulfide) groups is 1. The van der Waals surface area contributed by atoms with Crippen LogP contribution in [0.1, 0.15) is 50.9 Å². The third kappa shape index (κ3) is 15.6. The van der Waals surface area contributed by atoms with Crippen LogP contribution in [0.5, 0.6) is 0 Å². The molecule has 19 heteroatoms.